The summed E-state index contributed by atoms with van der Waals surface area (Å²) in [5.41, 5.74) is 1.96. The van der Waals surface area contributed by atoms with Crippen LogP contribution < -0.4 is 0 Å². The number of unbranched alkanes of at least 4 members (excludes halogenated alkanes) is 1. The SMILES string of the molecule is CCCCc1cc(F)c(O)cc1C. The largest absolute Gasteiger partial charge is 0.505 e. The Kier molecular flexibility index (Phi) is 3.29. The molecule has 0 saturated carbocycles. The van der Waals surface area contributed by atoms with Crippen molar-refractivity contribution in [1.82, 2.24) is 0 Å². The molecular formula is C11H15FO. The highest BCUT2D eigenvalue weighted by molar-refractivity contribution is 5.35. The van der Waals surface area contributed by atoms with E-state index in [1.807, 2.05) is 6.92 Å². The monoisotopic (exact) mass is 182 g/mol. The van der Waals surface area contributed by atoms with E-state index >= 15 is 0 Å². The molecule has 1 N–H and O–H groups in total. The van der Waals surface area contributed by atoms with Gasteiger partial charge in [-0.25, -0.2) is 4.39 Å². The van der Waals surface area contributed by atoms with E-state index in [0.717, 1.165) is 30.4 Å². The van der Waals surface area contributed by atoms with Crippen LogP contribution in [0.25, 0.3) is 0 Å². The van der Waals surface area contributed by atoms with Crippen LogP contribution in [0.15, 0.2) is 12.1 Å². The summed E-state index contributed by atoms with van der Waals surface area (Å²) in [5, 5.41) is 9.07. The molecule has 0 unspecified atom stereocenters. The van der Waals surface area contributed by atoms with Crippen LogP contribution in [0.4, 0.5) is 4.39 Å². The average Bonchev–Trinajstić information content (AvgIpc) is 2.09. The van der Waals surface area contributed by atoms with Crippen LogP contribution in [0.5, 0.6) is 5.75 Å². The molecule has 0 radical (unpaired) electrons. The van der Waals surface area contributed by atoms with Gasteiger partial charge in [-0.15, -0.1) is 0 Å². The summed E-state index contributed by atoms with van der Waals surface area (Å²) in [6.07, 6.45) is 3.05. The van der Waals surface area contributed by atoms with Gasteiger partial charge in [0.25, 0.3) is 0 Å². The number of benzene rings is 1. The van der Waals surface area contributed by atoms with E-state index in [1.165, 1.54) is 12.1 Å². The molecule has 1 rings (SSSR count). The molecule has 0 amide bonds. The minimum absolute atomic E-state index is 0.252. The Morgan fingerprint density at radius 3 is 2.69 bits per heavy atom. The number of halogens is 1. The number of aryl methyl sites for hydroxylation is 2. The van der Waals surface area contributed by atoms with Gasteiger partial charge in [-0.3, -0.25) is 0 Å². The van der Waals surface area contributed by atoms with Gasteiger partial charge in [-0.1, -0.05) is 13.3 Å². The van der Waals surface area contributed by atoms with Crippen LogP contribution in [0, 0.1) is 12.7 Å². The molecule has 0 bridgehead atoms. The maximum Gasteiger partial charge on any atom is 0.165 e. The van der Waals surface area contributed by atoms with Crippen LogP contribution in [0.1, 0.15) is 30.9 Å². The summed E-state index contributed by atoms with van der Waals surface area (Å²) in [6, 6.07) is 2.92. The van der Waals surface area contributed by atoms with Gasteiger partial charge in [0, 0.05) is 0 Å². The van der Waals surface area contributed by atoms with Gasteiger partial charge in [-0.2, -0.15) is 0 Å². The molecule has 0 saturated heterocycles. The van der Waals surface area contributed by atoms with Gasteiger partial charge in [0.1, 0.15) is 0 Å². The Bertz CT molecular complexity index is 294. The van der Waals surface area contributed by atoms with Crippen LogP contribution in [-0.2, 0) is 6.42 Å². The first-order valence-electron chi connectivity index (χ1n) is 4.63. The van der Waals surface area contributed by atoms with Crippen molar-refractivity contribution in [2.45, 2.75) is 33.1 Å². The highest BCUT2D eigenvalue weighted by Gasteiger charge is 2.05. The van der Waals surface area contributed by atoms with Gasteiger partial charge in [0.05, 0.1) is 0 Å². The summed E-state index contributed by atoms with van der Waals surface area (Å²) in [7, 11) is 0. The van der Waals surface area contributed by atoms with Gasteiger partial charge in [0.2, 0.25) is 0 Å². The molecule has 0 aliphatic heterocycles. The van der Waals surface area contributed by atoms with Crippen molar-refractivity contribution < 1.29 is 9.50 Å². The number of aromatic hydroxyl groups is 1. The fraction of sp³-hybridized carbons (Fsp3) is 0.455. The van der Waals surface area contributed by atoms with E-state index in [1.54, 1.807) is 0 Å². The fourth-order valence-electron chi connectivity index (χ4n) is 1.34. The zero-order valence-electron chi connectivity index (χ0n) is 8.10. The van der Waals surface area contributed by atoms with Gasteiger partial charge < -0.3 is 5.11 Å². The molecule has 0 aliphatic rings. The highest BCUT2D eigenvalue weighted by atomic mass is 19.1. The van der Waals surface area contributed by atoms with Crippen molar-refractivity contribution >= 4 is 0 Å². The van der Waals surface area contributed by atoms with Gasteiger partial charge >= 0.3 is 0 Å². The number of hydrogen-bond donors (Lipinski definition) is 1. The minimum atomic E-state index is -0.517. The summed E-state index contributed by atoms with van der Waals surface area (Å²) in [5.74, 6) is -0.769. The number of phenols is 1. The molecule has 72 valence electrons. The Labute approximate surface area is 78.2 Å². The Hall–Kier alpha value is -1.05. The number of rotatable bonds is 3. The quantitative estimate of drug-likeness (QED) is 0.761. The molecule has 0 atom stereocenters. The topological polar surface area (TPSA) is 20.2 Å². The lowest BCUT2D eigenvalue weighted by molar-refractivity contribution is 0.431. The second-order valence-electron chi connectivity index (χ2n) is 3.33. The molecule has 0 fully saturated rings. The van der Waals surface area contributed by atoms with E-state index < -0.39 is 5.82 Å². The summed E-state index contributed by atoms with van der Waals surface area (Å²) < 4.78 is 12.9. The number of hydrogen-bond acceptors (Lipinski definition) is 1. The lowest BCUT2D eigenvalue weighted by Crippen LogP contribution is -1.91. The van der Waals surface area contributed by atoms with Crippen molar-refractivity contribution in [2.24, 2.45) is 0 Å². The Morgan fingerprint density at radius 2 is 2.08 bits per heavy atom. The first-order valence-corrected chi connectivity index (χ1v) is 4.63. The van der Waals surface area contributed by atoms with Crippen LogP contribution in [-0.4, -0.2) is 5.11 Å². The van der Waals surface area contributed by atoms with Crippen molar-refractivity contribution in [3.05, 3.63) is 29.1 Å². The second kappa shape index (κ2) is 4.26. The van der Waals surface area contributed by atoms with Crippen LogP contribution in [0.2, 0.25) is 0 Å². The van der Waals surface area contributed by atoms with E-state index in [4.69, 9.17) is 5.11 Å². The molecule has 1 aromatic rings. The third kappa shape index (κ3) is 2.44. The zero-order valence-corrected chi connectivity index (χ0v) is 8.10. The summed E-state index contributed by atoms with van der Waals surface area (Å²) in [4.78, 5) is 0. The second-order valence-corrected chi connectivity index (χ2v) is 3.33. The van der Waals surface area contributed by atoms with Gasteiger partial charge in [0.15, 0.2) is 11.6 Å². The zero-order chi connectivity index (χ0) is 9.84. The first-order chi connectivity index (χ1) is 6.15. The van der Waals surface area contributed by atoms with Crippen molar-refractivity contribution in [2.75, 3.05) is 0 Å². The van der Waals surface area contributed by atoms with Crippen molar-refractivity contribution in [3.63, 3.8) is 0 Å². The average molecular weight is 182 g/mol. The standard InChI is InChI=1S/C11H15FO/c1-3-4-5-9-7-10(12)11(13)6-8(9)2/h6-7,13H,3-5H2,1-2H3. The lowest BCUT2D eigenvalue weighted by Gasteiger charge is -2.06. The van der Waals surface area contributed by atoms with E-state index in [2.05, 4.69) is 6.92 Å². The molecular weight excluding hydrogens is 167 g/mol. The molecule has 0 spiro atoms. The van der Waals surface area contributed by atoms with E-state index in [9.17, 15) is 4.39 Å². The fourth-order valence-corrected chi connectivity index (χ4v) is 1.34. The first kappa shape index (κ1) is 10.0. The van der Waals surface area contributed by atoms with E-state index in [0.29, 0.717) is 0 Å². The predicted molar refractivity (Wildman–Crippen MR) is 51.4 cm³/mol. The van der Waals surface area contributed by atoms with Crippen LogP contribution >= 0.6 is 0 Å². The Morgan fingerprint density at radius 1 is 1.38 bits per heavy atom. The molecule has 0 heterocycles. The normalized spacial score (nSPS) is 10.4. The Balaban J connectivity index is 2.88. The lowest BCUT2D eigenvalue weighted by atomic mass is 10.0. The maximum atomic E-state index is 12.9. The summed E-state index contributed by atoms with van der Waals surface area (Å²) in [6.45, 7) is 4.00. The minimum Gasteiger partial charge on any atom is -0.505 e. The van der Waals surface area contributed by atoms with Gasteiger partial charge in [-0.05, 0) is 43.0 Å². The molecule has 0 aromatic heterocycles. The van der Waals surface area contributed by atoms with Crippen molar-refractivity contribution in [1.29, 1.82) is 0 Å². The number of phenolic OH excluding ortho intramolecular Hbond substituents is 1. The smallest absolute Gasteiger partial charge is 0.165 e. The predicted octanol–water partition coefficient (Wildman–Crippen LogP) is 3.18. The highest BCUT2D eigenvalue weighted by Crippen LogP contribution is 2.21. The van der Waals surface area contributed by atoms with E-state index in [-0.39, 0.29) is 5.75 Å². The molecule has 1 aromatic carbocycles. The third-order valence-corrected chi connectivity index (χ3v) is 2.21. The maximum absolute atomic E-state index is 12.9. The molecule has 13 heavy (non-hydrogen) atoms. The third-order valence-electron chi connectivity index (χ3n) is 2.21. The van der Waals surface area contributed by atoms with Crippen molar-refractivity contribution in [3.8, 4) is 5.75 Å². The van der Waals surface area contributed by atoms with Crippen LogP contribution in [0.3, 0.4) is 0 Å². The molecule has 1 nitrogen and oxygen atoms in total. The molecule has 2 heteroatoms. The molecule has 0 aliphatic carbocycles. The summed E-state index contributed by atoms with van der Waals surface area (Å²) >= 11 is 0.